The van der Waals surface area contributed by atoms with E-state index in [0.29, 0.717) is 15.6 Å². The Labute approximate surface area is 120 Å². The standard InChI is InChI=1S/C14H11Cl2FO2/c1-8(18)10-3-2-4-12(17)14(10)19-13-7-9(15)5-6-11(13)16/h2-8,18H,1H3/t8-/m1/s1. The molecule has 0 aromatic heterocycles. The minimum Gasteiger partial charge on any atom is -0.452 e. The number of aliphatic hydroxyl groups excluding tert-OH is 1. The van der Waals surface area contributed by atoms with Gasteiger partial charge in [-0.15, -0.1) is 0 Å². The van der Waals surface area contributed by atoms with E-state index in [1.54, 1.807) is 18.2 Å². The SMILES string of the molecule is C[C@@H](O)c1cccc(F)c1Oc1cc(Cl)ccc1Cl. The Morgan fingerprint density at radius 2 is 1.95 bits per heavy atom. The summed E-state index contributed by atoms with van der Waals surface area (Å²) in [6.45, 7) is 1.53. The Bertz CT molecular complexity index is 600. The molecular formula is C14H11Cl2FO2. The van der Waals surface area contributed by atoms with Crippen molar-refractivity contribution in [3.63, 3.8) is 0 Å². The highest BCUT2D eigenvalue weighted by molar-refractivity contribution is 6.34. The van der Waals surface area contributed by atoms with Crippen LogP contribution in [0.1, 0.15) is 18.6 Å². The Kier molecular flexibility index (Phi) is 4.30. The minimum absolute atomic E-state index is 0.0540. The zero-order valence-electron chi connectivity index (χ0n) is 10.0. The van der Waals surface area contributed by atoms with Gasteiger partial charge >= 0.3 is 0 Å². The molecular weight excluding hydrogens is 290 g/mol. The Morgan fingerprint density at radius 3 is 2.63 bits per heavy atom. The molecule has 0 fully saturated rings. The van der Waals surface area contributed by atoms with E-state index in [4.69, 9.17) is 27.9 Å². The molecule has 19 heavy (non-hydrogen) atoms. The molecule has 5 heteroatoms. The van der Waals surface area contributed by atoms with Gasteiger partial charge < -0.3 is 9.84 Å². The molecule has 0 saturated heterocycles. The number of benzene rings is 2. The number of hydrogen-bond donors (Lipinski definition) is 1. The fourth-order valence-corrected chi connectivity index (χ4v) is 1.95. The number of halogens is 3. The summed E-state index contributed by atoms with van der Waals surface area (Å²) in [6, 6.07) is 8.99. The molecule has 2 nitrogen and oxygen atoms in total. The Hall–Kier alpha value is -1.29. The monoisotopic (exact) mass is 300 g/mol. The highest BCUT2D eigenvalue weighted by Gasteiger charge is 2.16. The lowest BCUT2D eigenvalue weighted by molar-refractivity contribution is 0.194. The van der Waals surface area contributed by atoms with Gasteiger partial charge in [-0.2, -0.15) is 0 Å². The molecule has 2 aromatic rings. The first kappa shape index (κ1) is 14.1. The predicted octanol–water partition coefficient (Wildman–Crippen LogP) is 4.98. The van der Waals surface area contributed by atoms with Crippen molar-refractivity contribution in [2.45, 2.75) is 13.0 Å². The van der Waals surface area contributed by atoms with Crippen LogP contribution in [0, 0.1) is 5.82 Å². The molecule has 0 aliphatic heterocycles. The number of aliphatic hydroxyl groups is 1. The molecule has 0 aliphatic carbocycles. The van der Waals surface area contributed by atoms with Crippen molar-refractivity contribution in [2.24, 2.45) is 0 Å². The summed E-state index contributed by atoms with van der Waals surface area (Å²) >= 11 is 11.8. The largest absolute Gasteiger partial charge is 0.452 e. The van der Waals surface area contributed by atoms with Crippen molar-refractivity contribution >= 4 is 23.2 Å². The number of hydrogen-bond acceptors (Lipinski definition) is 2. The van der Waals surface area contributed by atoms with Gasteiger partial charge in [0.1, 0.15) is 5.75 Å². The van der Waals surface area contributed by atoms with Crippen molar-refractivity contribution in [2.75, 3.05) is 0 Å². The molecule has 0 aliphatic rings. The molecule has 0 bridgehead atoms. The summed E-state index contributed by atoms with van der Waals surface area (Å²) in [5.74, 6) is -0.391. The van der Waals surface area contributed by atoms with E-state index in [0.717, 1.165) is 0 Å². The first-order valence-electron chi connectivity index (χ1n) is 5.58. The van der Waals surface area contributed by atoms with Gasteiger partial charge in [0, 0.05) is 16.7 Å². The van der Waals surface area contributed by atoms with Crippen molar-refractivity contribution < 1.29 is 14.2 Å². The summed E-state index contributed by atoms with van der Waals surface area (Å²) < 4.78 is 19.3. The lowest BCUT2D eigenvalue weighted by atomic mass is 10.1. The maximum Gasteiger partial charge on any atom is 0.168 e. The summed E-state index contributed by atoms with van der Waals surface area (Å²) in [7, 11) is 0. The van der Waals surface area contributed by atoms with Crippen LogP contribution in [0.3, 0.4) is 0 Å². The van der Waals surface area contributed by atoms with E-state index in [1.165, 1.54) is 25.1 Å². The van der Waals surface area contributed by atoms with Crippen LogP contribution >= 0.6 is 23.2 Å². The van der Waals surface area contributed by atoms with Crippen LogP contribution in [0.25, 0.3) is 0 Å². The average Bonchev–Trinajstić information content (AvgIpc) is 2.35. The summed E-state index contributed by atoms with van der Waals surface area (Å²) in [4.78, 5) is 0. The van der Waals surface area contributed by atoms with Crippen LogP contribution in [0.4, 0.5) is 4.39 Å². The van der Waals surface area contributed by atoms with Crippen LogP contribution in [-0.2, 0) is 0 Å². The fourth-order valence-electron chi connectivity index (χ4n) is 1.63. The molecule has 1 N–H and O–H groups in total. The normalized spacial score (nSPS) is 12.3. The molecule has 2 rings (SSSR count). The van der Waals surface area contributed by atoms with E-state index >= 15 is 0 Å². The molecule has 0 unspecified atom stereocenters. The second kappa shape index (κ2) is 5.78. The first-order chi connectivity index (χ1) is 8.99. The molecule has 0 saturated carbocycles. The third kappa shape index (κ3) is 3.18. The highest BCUT2D eigenvalue weighted by atomic mass is 35.5. The van der Waals surface area contributed by atoms with Gasteiger partial charge in [0.05, 0.1) is 11.1 Å². The molecule has 0 heterocycles. The van der Waals surface area contributed by atoms with Crippen molar-refractivity contribution in [3.8, 4) is 11.5 Å². The topological polar surface area (TPSA) is 29.5 Å². The second-order valence-electron chi connectivity index (χ2n) is 4.01. The molecule has 0 radical (unpaired) electrons. The van der Waals surface area contributed by atoms with Gasteiger partial charge in [-0.1, -0.05) is 35.3 Å². The summed E-state index contributed by atoms with van der Waals surface area (Å²) in [5.41, 5.74) is 0.344. The zero-order chi connectivity index (χ0) is 14.0. The van der Waals surface area contributed by atoms with E-state index in [-0.39, 0.29) is 11.5 Å². The Balaban J connectivity index is 2.46. The van der Waals surface area contributed by atoms with Crippen LogP contribution in [-0.4, -0.2) is 5.11 Å². The van der Waals surface area contributed by atoms with Crippen LogP contribution in [0.2, 0.25) is 10.0 Å². The van der Waals surface area contributed by atoms with Crippen molar-refractivity contribution in [3.05, 3.63) is 57.8 Å². The van der Waals surface area contributed by atoms with Crippen LogP contribution < -0.4 is 4.74 Å². The lowest BCUT2D eigenvalue weighted by Gasteiger charge is -2.14. The maximum absolute atomic E-state index is 13.8. The maximum atomic E-state index is 13.8. The van der Waals surface area contributed by atoms with E-state index < -0.39 is 11.9 Å². The average molecular weight is 301 g/mol. The predicted molar refractivity (Wildman–Crippen MR) is 73.6 cm³/mol. The smallest absolute Gasteiger partial charge is 0.168 e. The van der Waals surface area contributed by atoms with E-state index in [9.17, 15) is 9.50 Å². The molecule has 0 amide bonds. The van der Waals surface area contributed by atoms with Gasteiger partial charge in [0.15, 0.2) is 11.6 Å². The summed E-state index contributed by atoms with van der Waals surface area (Å²) in [5, 5.41) is 10.4. The van der Waals surface area contributed by atoms with Gasteiger partial charge in [0.25, 0.3) is 0 Å². The lowest BCUT2D eigenvalue weighted by Crippen LogP contribution is -1.99. The van der Waals surface area contributed by atoms with Gasteiger partial charge in [-0.3, -0.25) is 0 Å². The van der Waals surface area contributed by atoms with Crippen LogP contribution in [0.5, 0.6) is 11.5 Å². The van der Waals surface area contributed by atoms with Gasteiger partial charge in [-0.05, 0) is 25.1 Å². The molecule has 2 aromatic carbocycles. The quantitative estimate of drug-likeness (QED) is 0.866. The third-order valence-electron chi connectivity index (χ3n) is 2.55. The third-order valence-corrected chi connectivity index (χ3v) is 3.10. The van der Waals surface area contributed by atoms with Crippen molar-refractivity contribution in [1.82, 2.24) is 0 Å². The van der Waals surface area contributed by atoms with Gasteiger partial charge in [0.2, 0.25) is 0 Å². The summed E-state index contributed by atoms with van der Waals surface area (Å²) in [6.07, 6.45) is -0.858. The molecule has 1 atom stereocenters. The first-order valence-corrected chi connectivity index (χ1v) is 6.34. The van der Waals surface area contributed by atoms with Crippen LogP contribution in [0.15, 0.2) is 36.4 Å². The highest BCUT2D eigenvalue weighted by Crippen LogP contribution is 2.36. The second-order valence-corrected chi connectivity index (χ2v) is 4.85. The minimum atomic E-state index is -0.858. The fraction of sp³-hybridized carbons (Fsp3) is 0.143. The number of ether oxygens (including phenoxy) is 1. The molecule has 100 valence electrons. The molecule has 0 spiro atoms. The van der Waals surface area contributed by atoms with E-state index in [1.807, 2.05) is 0 Å². The Morgan fingerprint density at radius 1 is 1.21 bits per heavy atom. The van der Waals surface area contributed by atoms with E-state index in [2.05, 4.69) is 0 Å². The number of rotatable bonds is 3. The zero-order valence-corrected chi connectivity index (χ0v) is 11.5. The van der Waals surface area contributed by atoms with Crippen molar-refractivity contribution in [1.29, 1.82) is 0 Å². The van der Waals surface area contributed by atoms with Gasteiger partial charge in [-0.25, -0.2) is 4.39 Å². The number of para-hydroxylation sites is 1.